The van der Waals surface area contributed by atoms with Gasteiger partial charge in [-0.2, -0.15) is 5.10 Å². The first kappa shape index (κ1) is 13.1. The zero-order valence-corrected chi connectivity index (χ0v) is 10.5. The second-order valence-corrected chi connectivity index (χ2v) is 4.02. The molecule has 0 spiro atoms. The number of benzene rings is 1. The van der Waals surface area contributed by atoms with Crippen molar-refractivity contribution in [2.45, 2.75) is 6.54 Å². The van der Waals surface area contributed by atoms with Crippen molar-refractivity contribution >= 4 is 23.7 Å². The molecule has 0 aliphatic heterocycles. The predicted octanol–water partition coefficient (Wildman–Crippen LogP) is 2.96. The Kier molecular flexibility index (Phi) is 4.15. The number of hydrogen-bond donors (Lipinski definition) is 1. The molecule has 1 N–H and O–H groups in total. The van der Waals surface area contributed by atoms with Crippen LogP contribution in [0.1, 0.15) is 11.3 Å². The fourth-order valence-electron chi connectivity index (χ4n) is 1.39. The second kappa shape index (κ2) is 6.01. The van der Waals surface area contributed by atoms with E-state index in [0.717, 1.165) is 5.56 Å². The quantitative estimate of drug-likeness (QED) is 0.518. The third-order valence-corrected chi connectivity index (χ3v) is 2.67. The highest BCUT2D eigenvalue weighted by Gasteiger charge is 2.09. The van der Waals surface area contributed by atoms with E-state index >= 15 is 0 Å². The van der Waals surface area contributed by atoms with Gasteiger partial charge in [-0.05, 0) is 17.7 Å². The van der Waals surface area contributed by atoms with Crippen LogP contribution in [-0.4, -0.2) is 11.1 Å². The summed E-state index contributed by atoms with van der Waals surface area (Å²) in [4.78, 5) is 9.80. The summed E-state index contributed by atoms with van der Waals surface area (Å²) in [5, 5.41) is 15.0. The second-order valence-electron chi connectivity index (χ2n) is 3.62. The molecule has 1 aromatic carbocycles. The summed E-state index contributed by atoms with van der Waals surface area (Å²) in [5.74, 6) is -0.00841. The van der Waals surface area contributed by atoms with Crippen molar-refractivity contribution in [1.82, 2.24) is 5.43 Å². The molecule has 0 saturated carbocycles. The van der Waals surface area contributed by atoms with Crippen LogP contribution in [0.4, 0.5) is 5.88 Å². The monoisotopic (exact) mass is 279 g/mol. The van der Waals surface area contributed by atoms with E-state index in [2.05, 4.69) is 10.5 Å². The van der Waals surface area contributed by atoms with E-state index in [1.165, 1.54) is 18.3 Å². The van der Waals surface area contributed by atoms with Gasteiger partial charge in [0, 0.05) is 5.02 Å². The molecule has 0 aliphatic carbocycles. The van der Waals surface area contributed by atoms with E-state index in [9.17, 15) is 10.1 Å². The predicted molar refractivity (Wildman–Crippen MR) is 71.2 cm³/mol. The normalized spacial score (nSPS) is 10.8. The molecule has 0 amide bonds. The lowest BCUT2D eigenvalue weighted by Crippen LogP contribution is -2.05. The van der Waals surface area contributed by atoms with Crippen LogP contribution in [0.3, 0.4) is 0 Å². The molecule has 0 radical (unpaired) electrons. The van der Waals surface area contributed by atoms with Gasteiger partial charge in [0.2, 0.25) is 0 Å². The fourth-order valence-corrected chi connectivity index (χ4v) is 1.59. The summed E-state index contributed by atoms with van der Waals surface area (Å²) in [6.07, 6.45) is 1.36. The minimum absolute atomic E-state index is 0.304. The third-order valence-electron chi connectivity index (χ3n) is 2.30. The standard InChI is InChI=1S/C12H10ClN3O3/c13-11-4-2-1-3-9(11)7-14-15-8-10-5-6-12(19-10)16(17)18/h1-6,8,14H,7H2/b15-8-. The van der Waals surface area contributed by atoms with Crippen LogP contribution >= 0.6 is 11.6 Å². The summed E-state index contributed by atoms with van der Waals surface area (Å²) in [6.45, 7) is 0.457. The molecule has 0 saturated heterocycles. The van der Waals surface area contributed by atoms with Gasteiger partial charge in [-0.25, -0.2) is 0 Å². The number of rotatable bonds is 5. The van der Waals surface area contributed by atoms with Crippen LogP contribution in [0.5, 0.6) is 0 Å². The number of nitrogens with one attached hydrogen (secondary N) is 1. The molecule has 19 heavy (non-hydrogen) atoms. The zero-order chi connectivity index (χ0) is 13.7. The van der Waals surface area contributed by atoms with Gasteiger partial charge < -0.3 is 9.84 Å². The summed E-state index contributed by atoms with van der Waals surface area (Å²) >= 11 is 5.97. The minimum atomic E-state index is -0.603. The highest BCUT2D eigenvalue weighted by atomic mass is 35.5. The molecule has 0 atom stereocenters. The summed E-state index contributed by atoms with van der Waals surface area (Å²) in [5.41, 5.74) is 3.69. The molecule has 6 nitrogen and oxygen atoms in total. The van der Waals surface area contributed by atoms with Crippen molar-refractivity contribution in [3.63, 3.8) is 0 Å². The molecule has 1 aromatic heterocycles. The molecule has 0 fully saturated rings. The van der Waals surface area contributed by atoms with Crippen molar-refractivity contribution in [2.24, 2.45) is 5.10 Å². The van der Waals surface area contributed by atoms with Crippen molar-refractivity contribution in [3.05, 3.63) is 62.9 Å². The molecular weight excluding hydrogens is 270 g/mol. The first-order chi connectivity index (χ1) is 9.16. The Bertz CT molecular complexity index is 610. The molecule has 98 valence electrons. The van der Waals surface area contributed by atoms with Crippen LogP contribution in [-0.2, 0) is 6.54 Å². The molecule has 7 heteroatoms. The third kappa shape index (κ3) is 3.56. The fraction of sp³-hybridized carbons (Fsp3) is 0.0833. The zero-order valence-electron chi connectivity index (χ0n) is 9.75. The van der Waals surface area contributed by atoms with Crippen LogP contribution in [0, 0.1) is 10.1 Å². The highest BCUT2D eigenvalue weighted by Crippen LogP contribution is 2.15. The number of hydrazone groups is 1. The largest absolute Gasteiger partial charge is 0.433 e. The molecular formula is C12H10ClN3O3. The Balaban J connectivity index is 1.90. The van der Waals surface area contributed by atoms with E-state index in [-0.39, 0.29) is 5.88 Å². The topological polar surface area (TPSA) is 80.7 Å². The van der Waals surface area contributed by atoms with Crippen molar-refractivity contribution in [1.29, 1.82) is 0 Å². The molecule has 0 bridgehead atoms. The Hall–Kier alpha value is -2.34. The maximum absolute atomic E-state index is 10.4. The Labute approximate surface area is 113 Å². The average molecular weight is 280 g/mol. The average Bonchev–Trinajstić information content (AvgIpc) is 2.85. The van der Waals surface area contributed by atoms with Crippen LogP contribution in [0.25, 0.3) is 0 Å². The number of hydrogen-bond acceptors (Lipinski definition) is 5. The molecule has 2 rings (SSSR count). The summed E-state index contributed by atoms with van der Waals surface area (Å²) in [7, 11) is 0. The first-order valence-electron chi connectivity index (χ1n) is 5.40. The lowest BCUT2D eigenvalue weighted by atomic mass is 10.2. The SMILES string of the molecule is O=[N+]([O-])c1ccc(/C=N\NCc2ccccc2Cl)o1. The Morgan fingerprint density at radius 1 is 1.37 bits per heavy atom. The van der Waals surface area contributed by atoms with E-state index in [0.29, 0.717) is 17.3 Å². The number of nitro groups is 1. The van der Waals surface area contributed by atoms with Crippen molar-refractivity contribution in [3.8, 4) is 0 Å². The minimum Gasteiger partial charge on any atom is -0.400 e. The molecule has 2 aromatic rings. The molecule has 1 heterocycles. The van der Waals surface area contributed by atoms with Crippen LogP contribution in [0.15, 0.2) is 45.9 Å². The summed E-state index contributed by atoms with van der Waals surface area (Å²) < 4.78 is 4.91. The molecule has 0 unspecified atom stereocenters. The Morgan fingerprint density at radius 2 is 2.16 bits per heavy atom. The van der Waals surface area contributed by atoms with Crippen molar-refractivity contribution in [2.75, 3.05) is 0 Å². The van der Waals surface area contributed by atoms with Crippen LogP contribution in [0.2, 0.25) is 5.02 Å². The van der Waals surface area contributed by atoms with Gasteiger partial charge in [0.05, 0.1) is 18.8 Å². The van der Waals surface area contributed by atoms with Gasteiger partial charge in [-0.1, -0.05) is 29.8 Å². The van der Waals surface area contributed by atoms with E-state index in [4.69, 9.17) is 16.0 Å². The number of nitrogens with zero attached hydrogens (tertiary/aromatic N) is 2. The van der Waals surface area contributed by atoms with E-state index in [1.54, 1.807) is 6.07 Å². The lowest BCUT2D eigenvalue weighted by Gasteiger charge is -2.02. The van der Waals surface area contributed by atoms with Gasteiger partial charge >= 0.3 is 5.88 Å². The van der Waals surface area contributed by atoms with Crippen LogP contribution < -0.4 is 5.43 Å². The Morgan fingerprint density at radius 3 is 2.84 bits per heavy atom. The van der Waals surface area contributed by atoms with Crippen molar-refractivity contribution < 1.29 is 9.34 Å². The van der Waals surface area contributed by atoms with Gasteiger partial charge in [0.25, 0.3) is 0 Å². The summed E-state index contributed by atoms with van der Waals surface area (Å²) in [6, 6.07) is 10.1. The van der Waals surface area contributed by atoms with Gasteiger partial charge in [0.1, 0.15) is 4.92 Å². The number of furan rings is 1. The van der Waals surface area contributed by atoms with Gasteiger partial charge in [-0.15, -0.1) is 0 Å². The van der Waals surface area contributed by atoms with Gasteiger partial charge in [-0.3, -0.25) is 10.1 Å². The van der Waals surface area contributed by atoms with E-state index < -0.39 is 4.92 Å². The van der Waals surface area contributed by atoms with Gasteiger partial charge in [0.15, 0.2) is 5.76 Å². The molecule has 0 aliphatic rings. The van der Waals surface area contributed by atoms with E-state index in [1.807, 2.05) is 18.2 Å². The first-order valence-corrected chi connectivity index (χ1v) is 5.78. The number of halogens is 1. The highest BCUT2D eigenvalue weighted by molar-refractivity contribution is 6.31. The lowest BCUT2D eigenvalue weighted by molar-refractivity contribution is -0.402. The smallest absolute Gasteiger partial charge is 0.400 e. The maximum atomic E-state index is 10.4. The maximum Gasteiger partial charge on any atom is 0.433 e.